The van der Waals surface area contributed by atoms with Gasteiger partial charge in [-0.05, 0) is 110 Å². The molecule has 0 spiro atoms. The minimum atomic E-state index is -0.202. The average molecular weight is 438 g/mol. The molecule has 0 radical (unpaired) electrons. The first-order valence-corrected chi connectivity index (χ1v) is 11.5. The lowest BCUT2D eigenvalue weighted by atomic mass is 9.60. The molecule has 2 nitrogen and oxygen atoms in total. The van der Waals surface area contributed by atoms with E-state index in [2.05, 4.69) is 18.0 Å². The number of hydrogen-bond donors (Lipinski definition) is 1. The van der Waals surface area contributed by atoms with Gasteiger partial charge in [-0.15, -0.1) is 0 Å². The molecule has 4 rings (SSSR count). The number of carbonyl (C=O) groups excluding carboxylic acids is 1. The molecule has 4 heteroatoms. The highest BCUT2D eigenvalue weighted by Crippen LogP contribution is 2.50. The number of amides is 1. The molecule has 4 unspecified atom stereocenters. The lowest BCUT2D eigenvalue weighted by Gasteiger charge is -2.45. The first-order valence-electron chi connectivity index (χ1n) is 11.1. The third-order valence-electron chi connectivity index (χ3n) is 7.10. The van der Waals surface area contributed by atoms with Crippen molar-refractivity contribution < 1.29 is 9.18 Å². The summed E-state index contributed by atoms with van der Waals surface area (Å²) in [5.41, 5.74) is 4.07. The second-order valence-corrected chi connectivity index (χ2v) is 9.37. The topological polar surface area (TPSA) is 29.1 Å². The van der Waals surface area contributed by atoms with Gasteiger partial charge in [0, 0.05) is 16.6 Å². The molecule has 1 amide bonds. The van der Waals surface area contributed by atoms with Crippen LogP contribution in [0.4, 0.5) is 10.1 Å². The molecular formula is C27H29ClFNO. The normalized spacial score (nSPS) is 25.7. The molecule has 2 aliphatic rings. The molecule has 0 heterocycles. The van der Waals surface area contributed by atoms with Gasteiger partial charge in [-0.2, -0.15) is 0 Å². The van der Waals surface area contributed by atoms with Gasteiger partial charge >= 0.3 is 0 Å². The van der Waals surface area contributed by atoms with Gasteiger partial charge in [0.15, 0.2) is 0 Å². The van der Waals surface area contributed by atoms with Crippen molar-refractivity contribution in [2.75, 3.05) is 5.32 Å². The summed E-state index contributed by atoms with van der Waals surface area (Å²) in [4.78, 5) is 13.0. The molecular weight excluding hydrogens is 409 g/mol. The van der Waals surface area contributed by atoms with Crippen molar-refractivity contribution in [3.8, 4) is 0 Å². The van der Waals surface area contributed by atoms with E-state index < -0.39 is 0 Å². The van der Waals surface area contributed by atoms with Crippen LogP contribution >= 0.6 is 11.6 Å². The van der Waals surface area contributed by atoms with Crippen LogP contribution in [-0.4, -0.2) is 5.91 Å². The summed E-state index contributed by atoms with van der Waals surface area (Å²) in [5.74, 6) is 1.28. The number of fused-ring (bicyclic) bond motifs is 2. The van der Waals surface area contributed by atoms with Crippen molar-refractivity contribution in [1.82, 2.24) is 0 Å². The quantitative estimate of drug-likeness (QED) is 0.484. The summed E-state index contributed by atoms with van der Waals surface area (Å²) < 4.78 is 14.0. The zero-order chi connectivity index (χ0) is 22.0. The second-order valence-electron chi connectivity index (χ2n) is 8.94. The predicted octanol–water partition coefficient (Wildman–Crippen LogP) is 7.44. The Balaban J connectivity index is 1.48. The number of nitrogens with one attached hydrogen (secondary N) is 1. The van der Waals surface area contributed by atoms with Crippen molar-refractivity contribution in [3.05, 3.63) is 83.2 Å². The van der Waals surface area contributed by atoms with E-state index in [1.54, 1.807) is 18.2 Å². The first-order chi connectivity index (χ1) is 15.0. The first kappa shape index (κ1) is 21.8. The number of hydrogen-bond acceptors (Lipinski definition) is 1. The Hall–Kier alpha value is -2.39. The number of allylic oxidation sites excluding steroid dienone is 3. The largest absolute Gasteiger partial charge is 0.326 e. The van der Waals surface area contributed by atoms with Gasteiger partial charge in [-0.1, -0.05) is 36.4 Å². The van der Waals surface area contributed by atoms with Crippen LogP contribution in [0.3, 0.4) is 0 Å². The fraction of sp³-hybridized carbons (Fsp3) is 0.370. The molecule has 2 saturated carbocycles. The molecule has 2 fully saturated rings. The Bertz CT molecular complexity index is 997. The molecule has 0 aromatic heterocycles. The van der Waals surface area contributed by atoms with E-state index in [9.17, 15) is 9.18 Å². The minimum absolute atomic E-state index is 0.0515. The molecule has 2 bridgehead atoms. The summed E-state index contributed by atoms with van der Waals surface area (Å²) >= 11 is 5.95. The smallest absolute Gasteiger partial charge is 0.227 e. The van der Waals surface area contributed by atoms with E-state index in [0.717, 1.165) is 48.9 Å². The highest BCUT2D eigenvalue weighted by molar-refractivity contribution is 6.30. The lowest BCUT2D eigenvalue weighted by Crippen LogP contribution is -2.40. The van der Waals surface area contributed by atoms with Crippen LogP contribution < -0.4 is 5.32 Å². The van der Waals surface area contributed by atoms with Crippen molar-refractivity contribution >= 4 is 28.8 Å². The molecule has 0 aliphatic heterocycles. The monoisotopic (exact) mass is 437 g/mol. The van der Waals surface area contributed by atoms with Gasteiger partial charge < -0.3 is 5.32 Å². The average Bonchev–Trinajstić information content (AvgIpc) is 2.76. The number of halogens is 2. The molecule has 2 aromatic rings. The van der Waals surface area contributed by atoms with Gasteiger partial charge in [0.2, 0.25) is 5.91 Å². The molecule has 0 saturated heterocycles. The third kappa shape index (κ3) is 4.77. The van der Waals surface area contributed by atoms with E-state index in [-0.39, 0.29) is 17.6 Å². The predicted molar refractivity (Wildman–Crippen MR) is 126 cm³/mol. The molecule has 2 aromatic carbocycles. The van der Waals surface area contributed by atoms with Crippen LogP contribution in [0.5, 0.6) is 0 Å². The zero-order valence-corrected chi connectivity index (χ0v) is 18.7. The van der Waals surface area contributed by atoms with Crippen LogP contribution in [-0.2, 0) is 4.79 Å². The van der Waals surface area contributed by atoms with Gasteiger partial charge in [0.1, 0.15) is 5.82 Å². The van der Waals surface area contributed by atoms with E-state index in [1.165, 1.54) is 11.6 Å². The number of benzene rings is 2. The Morgan fingerprint density at radius 3 is 2.45 bits per heavy atom. The second kappa shape index (κ2) is 9.40. The van der Waals surface area contributed by atoms with Crippen molar-refractivity contribution in [1.29, 1.82) is 0 Å². The fourth-order valence-electron chi connectivity index (χ4n) is 5.58. The summed E-state index contributed by atoms with van der Waals surface area (Å²) in [6.45, 7) is 5.94. The maximum absolute atomic E-state index is 14.0. The van der Waals surface area contributed by atoms with Crippen molar-refractivity contribution in [2.45, 2.75) is 39.0 Å². The van der Waals surface area contributed by atoms with Crippen LogP contribution in [0, 0.1) is 36.4 Å². The Kier molecular flexibility index (Phi) is 6.62. The van der Waals surface area contributed by atoms with E-state index in [4.69, 9.17) is 11.6 Å². The minimum Gasteiger partial charge on any atom is -0.326 e. The molecule has 2 aliphatic carbocycles. The third-order valence-corrected chi connectivity index (χ3v) is 7.35. The van der Waals surface area contributed by atoms with Gasteiger partial charge in [0.05, 0.1) is 0 Å². The van der Waals surface area contributed by atoms with Crippen LogP contribution in [0.25, 0.3) is 5.57 Å². The summed E-state index contributed by atoms with van der Waals surface area (Å²) in [7, 11) is 0. The van der Waals surface area contributed by atoms with Gasteiger partial charge in [-0.3, -0.25) is 4.79 Å². The van der Waals surface area contributed by atoms with Gasteiger partial charge in [-0.25, -0.2) is 4.39 Å². The summed E-state index contributed by atoms with van der Waals surface area (Å²) in [6.07, 6.45) is 8.88. The maximum atomic E-state index is 14.0. The zero-order valence-electron chi connectivity index (χ0n) is 17.9. The van der Waals surface area contributed by atoms with Crippen LogP contribution in [0.1, 0.15) is 43.2 Å². The highest BCUT2D eigenvalue weighted by atomic mass is 35.5. The van der Waals surface area contributed by atoms with Crippen LogP contribution in [0.2, 0.25) is 5.02 Å². The van der Waals surface area contributed by atoms with Crippen LogP contribution in [0.15, 0.2) is 61.2 Å². The van der Waals surface area contributed by atoms with Gasteiger partial charge in [0.25, 0.3) is 0 Å². The van der Waals surface area contributed by atoms with Crippen molar-refractivity contribution in [3.63, 3.8) is 0 Å². The standard InChI is InChI=1S/C27H29ClFNO/c1-3-4-25(26-16-21(29)10-5-17(26)2)23-13-6-19-15-18(23)7-14-24(19)27(31)30-22-11-8-20(28)9-12-22/h3-5,8-12,16,18-19,23-24H,1,6-7,13-15H2,2H3,(H,30,31)/b25-4-. The number of carbonyl (C=O) groups is 1. The van der Waals surface area contributed by atoms with E-state index >= 15 is 0 Å². The SMILES string of the molecule is C=C/C=C(\c1cc(F)ccc1C)C1CCC2CC1CCC2C(=O)Nc1ccc(Cl)cc1. The summed E-state index contributed by atoms with van der Waals surface area (Å²) in [5, 5.41) is 3.73. The summed E-state index contributed by atoms with van der Waals surface area (Å²) in [6, 6.07) is 12.3. The fourth-order valence-corrected chi connectivity index (χ4v) is 5.71. The molecule has 162 valence electrons. The number of aryl methyl sites for hydroxylation is 1. The lowest BCUT2D eigenvalue weighted by molar-refractivity contribution is -0.124. The molecule has 4 atom stereocenters. The Labute approximate surface area is 189 Å². The van der Waals surface area contributed by atoms with Crippen molar-refractivity contribution in [2.24, 2.45) is 23.7 Å². The van der Waals surface area contributed by atoms with E-state index in [0.29, 0.717) is 22.8 Å². The maximum Gasteiger partial charge on any atom is 0.227 e. The number of rotatable bonds is 5. The Morgan fingerprint density at radius 1 is 1.06 bits per heavy atom. The Morgan fingerprint density at radius 2 is 1.74 bits per heavy atom. The molecule has 31 heavy (non-hydrogen) atoms. The molecule has 1 N–H and O–H groups in total. The number of anilines is 1. The van der Waals surface area contributed by atoms with E-state index in [1.807, 2.05) is 31.2 Å². The highest BCUT2D eigenvalue weighted by Gasteiger charge is 2.42.